The third-order valence-electron chi connectivity index (χ3n) is 4.77. The van der Waals surface area contributed by atoms with Crippen LogP contribution in [0.3, 0.4) is 0 Å². The topological polar surface area (TPSA) is 77.5 Å². The predicted molar refractivity (Wildman–Crippen MR) is 106 cm³/mol. The quantitative estimate of drug-likeness (QED) is 0.450. The number of hydrogen-bond acceptors (Lipinski definition) is 4. The molecule has 0 aliphatic rings. The van der Waals surface area contributed by atoms with Crippen LogP contribution in [-0.4, -0.2) is 20.6 Å². The van der Waals surface area contributed by atoms with Gasteiger partial charge in [-0.1, -0.05) is 12.1 Å². The molecule has 6 nitrogen and oxygen atoms in total. The third-order valence-corrected chi connectivity index (χ3v) is 4.77. The van der Waals surface area contributed by atoms with E-state index in [0.29, 0.717) is 28.3 Å². The van der Waals surface area contributed by atoms with Crippen LogP contribution in [0.2, 0.25) is 0 Å². The maximum atomic E-state index is 12.7. The van der Waals surface area contributed by atoms with E-state index in [4.69, 9.17) is 14.3 Å². The van der Waals surface area contributed by atoms with Gasteiger partial charge in [0.25, 0.3) is 0 Å². The van der Waals surface area contributed by atoms with Crippen molar-refractivity contribution in [3.63, 3.8) is 0 Å². The molecule has 0 radical (unpaired) electrons. The Kier molecular flexibility index (Phi) is 5.18. The largest absolute Gasteiger partial charge is 0.483 e. The summed E-state index contributed by atoms with van der Waals surface area (Å²) >= 11 is 0. The molecular formula is C22H17F3N2O4. The molecule has 2 aromatic heterocycles. The van der Waals surface area contributed by atoms with E-state index < -0.39 is 17.7 Å². The zero-order chi connectivity index (χ0) is 22.2. The van der Waals surface area contributed by atoms with Crippen LogP contribution in [0.25, 0.3) is 22.4 Å². The predicted octanol–water partition coefficient (Wildman–Crippen LogP) is 5.29. The number of carboxylic acid groups (broad SMARTS) is 1. The molecule has 2 heterocycles. The molecule has 31 heavy (non-hydrogen) atoms. The third kappa shape index (κ3) is 4.25. The summed E-state index contributed by atoms with van der Waals surface area (Å²) in [6.45, 7) is 1.53. The van der Waals surface area contributed by atoms with E-state index in [0.717, 1.165) is 17.5 Å². The molecule has 0 fully saturated rings. The smallest absolute Gasteiger partial charge is 0.416 e. The van der Waals surface area contributed by atoms with Gasteiger partial charge in [0.1, 0.15) is 18.9 Å². The summed E-state index contributed by atoms with van der Waals surface area (Å²) < 4.78 is 51.4. The highest BCUT2D eigenvalue weighted by Gasteiger charge is 2.30. The molecule has 2 aromatic carbocycles. The lowest BCUT2D eigenvalue weighted by Gasteiger charge is -2.09. The molecule has 160 valence electrons. The number of aryl methyl sites for hydroxylation is 1. The van der Waals surface area contributed by atoms with Crippen LogP contribution in [0.5, 0.6) is 5.75 Å². The number of carboxylic acids is 1. The molecule has 0 atom stereocenters. The molecule has 1 N–H and O–H groups in total. The molecule has 0 aliphatic carbocycles. The minimum absolute atomic E-state index is 0.0246. The van der Waals surface area contributed by atoms with E-state index in [2.05, 4.69) is 4.98 Å². The number of aliphatic carboxylic acids is 1. The van der Waals surface area contributed by atoms with Gasteiger partial charge in [-0.15, -0.1) is 0 Å². The Balaban J connectivity index is 1.56. The number of oxazole rings is 1. The molecule has 4 rings (SSSR count). The summed E-state index contributed by atoms with van der Waals surface area (Å²) in [4.78, 5) is 15.4. The van der Waals surface area contributed by atoms with Crippen LogP contribution in [0.4, 0.5) is 13.2 Å². The van der Waals surface area contributed by atoms with Gasteiger partial charge in [-0.3, -0.25) is 4.79 Å². The van der Waals surface area contributed by atoms with Gasteiger partial charge in [-0.05, 0) is 43.3 Å². The average Bonchev–Trinajstić information content (AvgIpc) is 3.29. The highest BCUT2D eigenvalue weighted by atomic mass is 19.4. The highest BCUT2D eigenvalue weighted by molar-refractivity contribution is 5.87. The Morgan fingerprint density at radius 1 is 1.16 bits per heavy atom. The highest BCUT2D eigenvalue weighted by Crippen LogP contribution is 2.32. The Morgan fingerprint density at radius 2 is 1.90 bits per heavy atom. The second kappa shape index (κ2) is 7.82. The first-order valence-electron chi connectivity index (χ1n) is 9.29. The Bertz CT molecular complexity index is 1240. The standard InChI is InChI=1S/C22H17F3N2O4/c1-13-18(31-21(26-13)15-5-7-16(8-6-15)22(23,24)25)12-30-17-4-2-3-14-9-10-27(20(14)17)11-19(28)29/h2-10H,11-12H2,1H3,(H,28,29). The van der Waals surface area contributed by atoms with E-state index in [1.807, 2.05) is 6.07 Å². The summed E-state index contributed by atoms with van der Waals surface area (Å²) in [6.07, 6.45) is -2.74. The zero-order valence-corrected chi connectivity index (χ0v) is 16.3. The number of halogens is 3. The van der Waals surface area contributed by atoms with Crippen molar-refractivity contribution in [1.82, 2.24) is 9.55 Å². The monoisotopic (exact) mass is 430 g/mol. The van der Waals surface area contributed by atoms with Crippen molar-refractivity contribution in [1.29, 1.82) is 0 Å². The van der Waals surface area contributed by atoms with Gasteiger partial charge >= 0.3 is 12.1 Å². The lowest BCUT2D eigenvalue weighted by atomic mass is 10.1. The van der Waals surface area contributed by atoms with E-state index >= 15 is 0 Å². The lowest BCUT2D eigenvalue weighted by Crippen LogP contribution is -2.08. The van der Waals surface area contributed by atoms with Gasteiger partial charge in [0.2, 0.25) is 5.89 Å². The van der Waals surface area contributed by atoms with Crippen molar-refractivity contribution in [3.8, 4) is 17.2 Å². The van der Waals surface area contributed by atoms with Crippen LogP contribution in [-0.2, 0) is 24.1 Å². The lowest BCUT2D eigenvalue weighted by molar-refractivity contribution is -0.138. The summed E-state index contributed by atoms with van der Waals surface area (Å²) in [6, 6.07) is 11.7. The fraction of sp³-hybridized carbons (Fsp3) is 0.182. The van der Waals surface area contributed by atoms with Gasteiger partial charge in [-0.2, -0.15) is 13.2 Å². The van der Waals surface area contributed by atoms with Gasteiger partial charge in [0.15, 0.2) is 5.76 Å². The fourth-order valence-electron chi connectivity index (χ4n) is 3.25. The summed E-state index contributed by atoms with van der Waals surface area (Å²) in [5.74, 6) is 0.121. The first-order valence-corrected chi connectivity index (χ1v) is 9.29. The van der Waals surface area contributed by atoms with Gasteiger partial charge in [0.05, 0.1) is 16.8 Å². The molecule has 0 amide bonds. The second-order valence-corrected chi connectivity index (χ2v) is 6.92. The minimum atomic E-state index is -4.41. The molecule has 0 saturated heterocycles. The maximum absolute atomic E-state index is 12.7. The Labute approximate surface area is 174 Å². The molecule has 4 aromatic rings. The van der Waals surface area contributed by atoms with E-state index in [-0.39, 0.29) is 19.0 Å². The first kappa shape index (κ1) is 20.5. The van der Waals surface area contributed by atoms with Crippen LogP contribution >= 0.6 is 0 Å². The van der Waals surface area contributed by atoms with Crippen LogP contribution in [0.1, 0.15) is 17.0 Å². The number of ether oxygens (including phenoxy) is 1. The first-order chi connectivity index (χ1) is 14.7. The number of para-hydroxylation sites is 1. The Hall–Kier alpha value is -3.75. The number of hydrogen-bond donors (Lipinski definition) is 1. The van der Waals surface area contributed by atoms with E-state index in [1.54, 1.807) is 35.9 Å². The Morgan fingerprint density at radius 3 is 2.58 bits per heavy atom. The molecule has 0 aliphatic heterocycles. The van der Waals surface area contributed by atoms with Crippen molar-refractivity contribution < 1.29 is 32.2 Å². The van der Waals surface area contributed by atoms with Crippen molar-refractivity contribution in [2.45, 2.75) is 26.3 Å². The van der Waals surface area contributed by atoms with Crippen molar-refractivity contribution in [3.05, 3.63) is 71.7 Å². The number of benzene rings is 2. The minimum Gasteiger partial charge on any atom is -0.483 e. The number of rotatable bonds is 6. The molecule has 0 bridgehead atoms. The molecule has 0 saturated carbocycles. The molecule has 0 unspecified atom stereocenters. The number of carbonyl (C=O) groups is 1. The summed E-state index contributed by atoms with van der Waals surface area (Å²) in [5.41, 5.74) is 0.855. The van der Waals surface area contributed by atoms with Crippen molar-refractivity contribution >= 4 is 16.9 Å². The number of alkyl halides is 3. The molecule has 9 heteroatoms. The second-order valence-electron chi connectivity index (χ2n) is 6.92. The van der Waals surface area contributed by atoms with Gasteiger partial charge in [-0.25, -0.2) is 4.98 Å². The van der Waals surface area contributed by atoms with Gasteiger partial charge in [0, 0.05) is 17.1 Å². The normalized spacial score (nSPS) is 11.7. The average molecular weight is 430 g/mol. The zero-order valence-electron chi connectivity index (χ0n) is 16.3. The maximum Gasteiger partial charge on any atom is 0.416 e. The van der Waals surface area contributed by atoms with E-state index in [9.17, 15) is 18.0 Å². The summed E-state index contributed by atoms with van der Waals surface area (Å²) in [7, 11) is 0. The number of fused-ring (bicyclic) bond motifs is 1. The van der Waals surface area contributed by atoms with Crippen molar-refractivity contribution in [2.75, 3.05) is 0 Å². The summed E-state index contributed by atoms with van der Waals surface area (Å²) in [5, 5.41) is 9.94. The van der Waals surface area contributed by atoms with Gasteiger partial charge < -0.3 is 18.8 Å². The number of aromatic nitrogens is 2. The van der Waals surface area contributed by atoms with E-state index in [1.165, 1.54) is 12.1 Å². The van der Waals surface area contributed by atoms with Crippen LogP contribution in [0.15, 0.2) is 59.1 Å². The van der Waals surface area contributed by atoms with Crippen molar-refractivity contribution in [2.24, 2.45) is 0 Å². The molecular weight excluding hydrogens is 413 g/mol. The number of nitrogens with zero attached hydrogens (tertiary/aromatic N) is 2. The SMILES string of the molecule is Cc1nc(-c2ccc(C(F)(F)F)cc2)oc1COc1cccc2ccn(CC(=O)O)c12. The van der Waals surface area contributed by atoms with Crippen LogP contribution in [0, 0.1) is 6.92 Å². The van der Waals surface area contributed by atoms with Crippen LogP contribution < -0.4 is 4.74 Å². The fourth-order valence-corrected chi connectivity index (χ4v) is 3.25. The molecule has 0 spiro atoms.